The van der Waals surface area contributed by atoms with Crippen LogP contribution in [0.5, 0.6) is 0 Å². The van der Waals surface area contributed by atoms with Gasteiger partial charge in [0.25, 0.3) is 5.91 Å². The number of hydrogen-bond acceptors (Lipinski definition) is 3. The molecule has 1 amide bonds. The predicted octanol–water partition coefficient (Wildman–Crippen LogP) is 1.90. The van der Waals surface area contributed by atoms with Crippen LogP contribution in [0, 0.1) is 5.92 Å². The van der Waals surface area contributed by atoms with Crippen LogP contribution in [-0.2, 0) is 0 Å². The second kappa shape index (κ2) is 6.10. The molecule has 0 radical (unpaired) electrons. The zero-order valence-electron chi connectivity index (χ0n) is 10.1. The summed E-state index contributed by atoms with van der Waals surface area (Å²) in [5.74, 6) is 1.31. The fourth-order valence-corrected chi connectivity index (χ4v) is 1.25. The monoisotopic (exact) mass is 221 g/mol. The minimum absolute atomic E-state index is 0.0594. The zero-order valence-corrected chi connectivity index (χ0v) is 10.1. The quantitative estimate of drug-likeness (QED) is 0.798. The molecule has 0 saturated carbocycles. The Bertz CT molecular complexity index is 333. The van der Waals surface area contributed by atoms with Gasteiger partial charge in [-0.05, 0) is 24.5 Å². The highest BCUT2D eigenvalue weighted by atomic mass is 16.1. The molecule has 0 aliphatic heterocycles. The van der Waals surface area contributed by atoms with E-state index < -0.39 is 0 Å². The average molecular weight is 221 g/mol. The summed E-state index contributed by atoms with van der Waals surface area (Å²) in [6.45, 7) is 4.98. The van der Waals surface area contributed by atoms with E-state index >= 15 is 0 Å². The Kier molecular flexibility index (Phi) is 4.76. The fraction of sp³-hybridized carbons (Fsp3) is 0.500. The molecule has 2 N–H and O–H groups in total. The number of nitrogens with zero attached hydrogens (tertiary/aromatic N) is 1. The summed E-state index contributed by atoms with van der Waals surface area (Å²) in [4.78, 5) is 15.7. The van der Waals surface area contributed by atoms with Gasteiger partial charge in [0.1, 0.15) is 5.82 Å². The van der Waals surface area contributed by atoms with Crippen molar-refractivity contribution < 1.29 is 4.79 Å². The molecule has 1 aromatic heterocycles. The highest BCUT2D eigenvalue weighted by Gasteiger charge is 2.05. The maximum Gasteiger partial charge on any atom is 0.252 e. The summed E-state index contributed by atoms with van der Waals surface area (Å²) in [6, 6.07) is 3.56. The van der Waals surface area contributed by atoms with E-state index in [4.69, 9.17) is 0 Å². The maximum atomic E-state index is 11.7. The molecule has 0 spiro atoms. The molecule has 0 unspecified atom stereocenters. The summed E-state index contributed by atoms with van der Waals surface area (Å²) >= 11 is 0. The van der Waals surface area contributed by atoms with E-state index in [-0.39, 0.29) is 5.91 Å². The number of pyridine rings is 1. The molecular weight excluding hydrogens is 202 g/mol. The zero-order chi connectivity index (χ0) is 12.0. The van der Waals surface area contributed by atoms with Crippen LogP contribution in [0.1, 0.15) is 30.6 Å². The van der Waals surface area contributed by atoms with Gasteiger partial charge in [0.05, 0.1) is 5.56 Å². The van der Waals surface area contributed by atoms with Gasteiger partial charge in [-0.25, -0.2) is 4.98 Å². The van der Waals surface area contributed by atoms with Gasteiger partial charge < -0.3 is 10.6 Å². The first-order valence-electron chi connectivity index (χ1n) is 5.55. The van der Waals surface area contributed by atoms with Gasteiger partial charge in [-0.1, -0.05) is 13.8 Å². The van der Waals surface area contributed by atoms with Crippen molar-refractivity contribution in [1.82, 2.24) is 10.3 Å². The van der Waals surface area contributed by atoms with Crippen molar-refractivity contribution in [1.29, 1.82) is 0 Å². The summed E-state index contributed by atoms with van der Waals surface area (Å²) < 4.78 is 0. The van der Waals surface area contributed by atoms with Crippen LogP contribution in [0.25, 0.3) is 0 Å². The number of amides is 1. The lowest BCUT2D eigenvalue weighted by Gasteiger charge is -2.07. The topological polar surface area (TPSA) is 54.0 Å². The van der Waals surface area contributed by atoms with Crippen molar-refractivity contribution in [2.45, 2.75) is 20.3 Å². The van der Waals surface area contributed by atoms with Crippen LogP contribution in [0.4, 0.5) is 5.82 Å². The van der Waals surface area contributed by atoms with Crippen molar-refractivity contribution in [2.24, 2.45) is 5.92 Å². The Morgan fingerprint density at radius 1 is 1.44 bits per heavy atom. The van der Waals surface area contributed by atoms with Crippen LogP contribution >= 0.6 is 0 Å². The third-order valence-electron chi connectivity index (χ3n) is 2.29. The van der Waals surface area contributed by atoms with E-state index in [0.29, 0.717) is 18.0 Å². The van der Waals surface area contributed by atoms with Crippen molar-refractivity contribution in [2.75, 3.05) is 18.9 Å². The second-order valence-electron chi connectivity index (χ2n) is 4.12. The van der Waals surface area contributed by atoms with Gasteiger partial charge in [0.15, 0.2) is 0 Å². The molecule has 0 fully saturated rings. The number of aromatic nitrogens is 1. The van der Waals surface area contributed by atoms with Crippen LogP contribution < -0.4 is 10.6 Å². The van der Waals surface area contributed by atoms with Gasteiger partial charge in [-0.15, -0.1) is 0 Å². The summed E-state index contributed by atoms with van der Waals surface area (Å²) in [5, 5.41) is 5.78. The fourth-order valence-electron chi connectivity index (χ4n) is 1.25. The lowest BCUT2D eigenvalue weighted by molar-refractivity contribution is 0.0951. The first-order valence-corrected chi connectivity index (χ1v) is 5.55. The molecule has 0 saturated heterocycles. The average Bonchev–Trinajstić information content (AvgIpc) is 2.28. The van der Waals surface area contributed by atoms with Gasteiger partial charge in [0.2, 0.25) is 0 Å². The molecule has 4 heteroatoms. The highest BCUT2D eigenvalue weighted by molar-refractivity contribution is 5.93. The van der Waals surface area contributed by atoms with Crippen LogP contribution in [0.2, 0.25) is 0 Å². The van der Waals surface area contributed by atoms with Crippen molar-refractivity contribution in [3.8, 4) is 0 Å². The number of hydrogen-bond donors (Lipinski definition) is 2. The van der Waals surface area contributed by atoms with Gasteiger partial charge in [-0.3, -0.25) is 4.79 Å². The van der Waals surface area contributed by atoms with Crippen molar-refractivity contribution in [3.05, 3.63) is 23.9 Å². The molecular formula is C12H19N3O. The largest absolute Gasteiger partial charge is 0.373 e. The molecule has 0 bridgehead atoms. The molecule has 16 heavy (non-hydrogen) atoms. The second-order valence-corrected chi connectivity index (χ2v) is 4.12. The van der Waals surface area contributed by atoms with Crippen LogP contribution in [0.3, 0.4) is 0 Å². The molecule has 0 aliphatic carbocycles. The molecule has 88 valence electrons. The minimum Gasteiger partial charge on any atom is -0.373 e. The van der Waals surface area contributed by atoms with Gasteiger partial charge >= 0.3 is 0 Å². The number of rotatable bonds is 5. The highest BCUT2D eigenvalue weighted by Crippen LogP contribution is 2.04. The molecule has 0 aliphatic rings. The van der Waals surface area contributed by atoms with Gasteiger partial charge in [0, 0.05) is 19.8 Å². The van der Waals surface area contributed by atoms with Crippen LogP contribution in [-0.4, -0.2) is 24.5 Å². The first kappa shape index (κ1) is 12.5. The summed E-state index contributed by atoms with van der Waals surface area (Å²) in [6.07, 6.45) is 2.57. The summed E-state index contributed by atoms with van der Waals surface area (Å²) in [7, 11) is 1.80. The Morgan fingerprint density at radius 3 is 2.69 bits per heavy atom. The Hall–Kier alpha value is -1.58. The molecule has 0 atom stereocenters. The predicted molar refractivity (Wildman–Crippen MR) is 65.6 cm³/mol. The lowest BCUT2D eigenvalue weighted by atomic mass is 10.1. The van der Waals surface area contributed by atoms with Gasteiger partial charge in [-0.2, -0.15) is 0 Å². The van der Waals surface area contributed by atoms with E-state index in [9.17, 15) is 4.79 Å². The van der Waals surface area contributed by atoms with Crippen LogP contribution in [0.15, 0.2) is 18.3 Å². The molecule has 1 aromatic rings. The van der Waals surface area contributed by atoms with E-state index in [0.717, 1.165) is 12.2 Å². The van der Waals surface area contributed by atoms with Crippen molar-refractivity contribution in [3.63, 3.8) is 0 Å². The number of nitrogens with one attached hydrogen (secondary N) is 2. The number of carbonyl (C=O) groups is 1. The SMILES string of the molecule is CNc1ccc(C(=O)NCCC(C)C)cn1. The number of carbonyl (C=O) groups excluding carboxylic acids is 1. The smallest absolute Gasteiger partial charge is 0.252 e. The first-order chi connectivity index (χ1) is 7.63. The number of anilines is 1. The molecule has 0 aromatic carbocycles. The lowest BCUT2D eigenvalue weighted by Crippen LogP contribution is -2.25. The summed E-state index contributed by atoms with van der Waals surface area (Å²) in [5.41, 5.74) is 0.600. The van der Waals surface area contributed by atoms with E-state index in [2.05, 4.69) is 29.5 Å². The minimum atomic E-state index is -0.0594. The third kappa shape index (κ3) is 3.88. The molecule has 4 nitrogen and oxygen atoms in total. The maximum absolute atomic E-state index is 11.7. The molecule has 1 rings (SSSR count). The Balaban J connectivity index is 2.46. The van der Waals surface area contributed by atoms with E-state index in [1.165, 1.54) is 0 Å². The van der Waals surface area contributed by atoms with E-state index in [1.807, 2.05) is 0 Å². The van der Waals surface area contributed by atoms with E-state index in [1.54, 1.807) is 25.4 Å². The standard InChI is InChI=1S/C12H19N3O/c1-9(2)6-7-14-12(16)10-4-5-11(13-3)15-8-10/h4-5,8-9H,6-7H2,1-3H3,(H,13,15)(H,14,16). The van der Waals surface area contributed by atoms with Crippen molar-refractivity contribution >= 4 is 11.7 Å². The molecule has 1 heterocycles. The Labute approximate surface area is 96.5 Å². The third-order valence-corrected chi connectivity index (χ3v) is 2.29. The normalized spacial score (nSPS) is 10.2. The Morgan fingerprint density at radius 2 is 2.19 bits per heavy atom.